The minimum atomic E-state index is -3.45. The molecule has 1 aliphatic rings. The fraction of sp³-hybridized carbons (Fsp3) is 0.769. The fourth-order valence-corrected chi connectivity index (χ4v) is 3.86. The molecule has 2 rings (SSSR count). The predicted octanol–water partition coefficient (Wildman–Crippen LogP) is 2.22. The summed E-state index contributed by atoms with van der Waals surface area (Å²) >= 11 is 0. The molecule has 5 nitrogen and oxygen atoms in total. The zero-order chi connectivity index (χ0) is 13.9. The normalized spacial score (nSPS) is 18.8. The lowest BCUT2D eigenvalue weighted by Crippen LogP contribution is -2.35. The molecule has 1 saturated carbocycles. The number of hydrogen-bond acceptors (Lipinski definition) is 3. The van der Waals surface area contributed by atoms with Gasteiger partial charge >= 0.3 is 0 Å². The number of sulfonamides is 1. The van der Waals surface area contributed by atoms with Crippen LogP contribution in [-0.4, -0.2) is 24.9 Å². The second-order valence-corrected chi connectivity index (χ2v) is 7.17. The molecule has 1 heterocycles. The summed E-state index contributed by atoms with van der Waals surface area (Å²) in [6.07, 6.45) is 7.78. The summed E-state index contributed by atoms with van der Waals surface area (Å²) in [6, 6.07) is 0. The van der Waals surface area contributed by atoms with Crippen LogP contribution in [0.25, 0.3) is 0 Å². The first-order valence-corrected chi connectivity index (χ1v) is 8.53. The molecule has 6 heteroatoms. The van der Waals surface area contributed by atoms with Crippen LogP contribution in [0.5, 0.6) is 0 Å². The lowest BCUT2D eigenvalue weighted by molar-refractivity contribution is 0.285. The third-order valence-electron chi connectivity index (χ3n) is 4.28. The van der Waals surface area contributed by atoms with E-state index in [1.54, 1.807) is 0 Å². The van der Waals surface area contributed by atoms with Crippen LogP contribution in [-0.2, 0) is 16.4 Å². The van der Waals surface area contributed by atoms with E-state index >= 15 is 0 Å². The Labute approximate surface area is 115 Å². The van der Waals surface area contributed by atoms with E-state index in [9.17, 15) is 8.42 Å². The van der Waals surface area contributed by atoms with Crippen LogP contribution in [0.15, 0.2) is 11.2 Å². The number of H-pyrrole nitrogens is 1. The highest BCUT2D eigenvalue weighted by Crippen LogP contribution is 2.40. The zero-order valence-electron chi connectivity index (χ0n) is 11.7. The van der Waals surface area contributed by atoms with Gasteiger partial charge in [0.25, 0.3) is 10.0 Å². The monoisotopic (exact) mass is 285 g/mol. The average Bonchev–Trinajstić information content (AvgIpc) is 3.06. The molecule has 1 aliphatic carbocycles. The molecule has 1 aromatic heterocycles. The van der Waals surface area contributed by atoms with E-state index in [-0.39, 0.29) is 10.4 Å². The number of nitrogens with one attached hydrogen (secondary N) is 2. The van der Waals surface area contributed by atoms with Crippen molar-refractivity contribution in [1.82, 2.24) is 14.7 Å². The molecule has 0 aromatic carbocycles. The van der Waals surface area contributed by atoms with E-state index in [1.807, 2.05) is 6.92 Å². The molecule has 0 radical (unpaired) electrons. The molecule has 1 fully saturated rings. The first-order valence-electron chi connectivity index (χ1n) is 7.05. The van der Waals surface area contributed by atoms with E-state index in [0.717, 1.165) is 19.3 Å². The maximum atomic E-state index is 12.2. The molecule has 0 unspecified atom stereocenters. The summed E-state index contributed by atoms with van der Waals surface area (Å²) in [5.41, 5.74) is 0.153. The first kappa shape index (κ1) is 14.5. The van der Waals surface area contributed by atoms with Gasteiger partial charge in [-0.3, -0.25) is 0 Å². The van der Waals surface area contributed by atoms with Crippen LogP contribution < -0.4 is 4.72 Å². The summed E-state index contributed by atoms with van der Waals surface area (Å²) < 4.78 is 27.1. The maximum absolute atomic E-state index is 12.2. The molecule has 0 saturated heterocycles. The Bertz CT molecular complexity index is 516. The molecule has 19 heavy (non-hydrogen) atoms. The quantitative estimate of drug-likeness (QED) is 0.841. The topological polar surface area (TPSA) is 74.8 Å². The fourth-order valence-electron chi connectivity index (χ4n) is 2.77. The van der Waals surface area contributed by atoms with Crippen molar-refractivity contribution in [2.24, 2.45) is 5.41 Å². The van der Waals surface area contributed by atoms with Crippen LogP contribution in [0.4, 0.5) is 0 Å². The molecule has 0 spiro atoms. The van der Waals surface area contributed by atoms with Gasteiger partial charge < -0.3 is 4.98 Å². The van der Waals surface area contributed by atoms with E-state index in [4.69, 9.17) is 0 Å². The van der Waals surface area contributed by atoms with E-state index < -0.39 is 10.0 Å². The Morgan fingerprint density at radius 3 is 2.58 bits per heavy atom. The van der Waals surface area contributed by atoms with Crippen LogP contribution in [0.3, 0.4) is 0 Å². The zero-order valence-corrected chi connectivity index (χ0v) is 12.5. The van der Waals surface area contributed by atoms with Gasteiger partial charge in [-0.05, 0) is 24.7 Å². The van der Waals surface area contributed by atoms with Crippen LogP contribution >= 0.6 is 0 Å². The molecular formula is C13H23N3O2S. The standard InChI is InChI=1S/C13H23N3O2S/c1-3-11-14-9-12(16-11)19(17,18)15-10-13(4-2)7-5-6-8-13/h9,15H,3-8,10H2,1-2H3,(H,14,16). The molecule has 0 aliphatic heterocycles. The Kier molecular flexibility index (Phi) is 4.30. The van der Waals surface area contributed by atoms with Crippen LogP contribution in [0, 0.1) is 5.41 Å². The number of aromatic nitrogens is 2. The minimum absolute atomic E-state index is 0.153. The third kappa shape index (κ3) is 3.17. The first-order chi connectivity index (χ1) is 9.01. The molecule has 0 bridgehead atoms. The number of hydrogen-bond donors (Lipinski definition) is 2. The summed E-state index contributed by atoms with van der Waals surface area (Å²) in [7, 11) is -3.45. The SMILES string of the molecule is CCc1ncc(S(=O)(=O)NCC2(CC)CCCC2)[nH]1. The van der Waals surface area contributed by atoms with Crippen LogP contribution in [0.1, 0.15) is 51.8 Å². The Morgan fingerprint density at radius 1 is 1.37 bits per heavy atom. The summed E-state index contributed by atoms with van der Waals surface area (Å²) in [5.74, 6) is 0.700. The number of aryl methyl sites for hydroxylation is 1. The van der Waals surface area contributed by atoms with Gasteiger partial charge in [0.1, 0.15) is 5.82 Å². The van der Waals surface area contributed by atoms with Gasteiger partial charge in [-0.25, -0.2) is 18.1 Å². The van der Waals surface area contributed by atoms with Gasteiger partial charge in [0.05, 0.1) is 6.20 Å². The minimum Gasteiger partial charge on any atom is -0.332 e. The van der Waals surface area contributed by atoms with Gasteiger partial charge in [0, 0.05) is 13.0 Å². The van der Waals surface area contributed by atoms with E-state index in [1.165, 1.54) is 19.0 Å². The maximum Gasteiger partial charge on any atom is 0.257 e. The smallest absolute Gasteiger partial charge is 0.257 e. The summed E-state index contributed by atoms with van der Waals surface area (Å²) in [5, 5.41) is 0.175. The van der Waals surface area contributed by atoms with Crippen molar-refractivity contribution in [3.05, 3.63) is 12.0 Å². The number of imidazole rings is 1. The van der Waals surface area contributed by atoms with Crippen LogP contribution in [0.2, 0.25) is 0 Å². The lowest BCUT2D eigenvalue weighted by atomic mass is 9.84. The molecule has 108 valence electrons. The second kappa shape index (κ2) is 5.63. The highest BCUT2D eigenvalue weighted by molar-refractivity contribution is 7.89. The second-order valence-electron chi connectivity index (χ2n) is 5.43. The van der Waals surface area contributed by atoms with Crippen molar-refractivity contribution < 1.29 is 8.42 Å². The number of nitrogens with zero attached hydrogens (tertiary/aromatic N) is 1. The molecule has 2 N–H and O–H groups in total. The van der Waals surface area contributed by atoms with Gasteiger partial charge in [-0.2, -0.15) is 0 Å². The highest BCUT2D eigenvalue weighted by Gasteiger charge is 2.33. The van der Waals surface area contributed by atoms with E-state index in [0.29, 0.717) is 18.8 Å². The van der Waals surface area contributed by atoms with Gasteiger partial charge in [-0.15, -0.1) is 0 Å². The van der Waals surface area contributed by atoms with Crippen molar-refractivity contribution in [2.45, 2.75) is 57.4 Å². The molecular weight excluding hydrogens is 262 g/mol. The Morgan fingerprint density at radius 2 is 2.05 bits per heavy atom. The molecule has 0 amide bonds. The third-order valence-corrected chi connectivity index (χ3v) is 5.59. The van der Waals surface area contributed by atoms with Gasteiger partial charge in [0.15, 0.2) is 5.03 Å². The van der Waals surface area contributed by atoms with Crippen molar-refractivity contribution in [3.63, 3.8) is 0 Å². The average molecular weight is 285 g/mol. The van der Waals surface area contributed by atoms with E-state index in [2.05, 4.69) is 21.6 Å². The molecule has 0 atom stereocenters. The lowest BCUT2D eigenvalue weighted by Gasteiger charge is -2.27. The van der Waals surface area contributed by atoms with Crippen molar-refractivity contribution in [3.8, 4) is 0 Å². The van der Waals surface area contributed by atoms with Gasteiger partial charge in [-0.1, -0.05) is 26.7 Å². The number of aromatic amines is 1. The summed E-state index contributed by atoms with van der Waals surface area (Å²) in [6.45, 7) is 4.62. The van der Waals surface area contributed by atoms with Crippen molar-refractivity contribution in [1.29, 1.82) is 0 Å². The number of rotatable bonds is 6. The van der Waals surface area contributed by atoms with Crippen molar-refractivity contribution >= 4 is 10.0 Å². The highest BCUT2D eigenvalue weighted by atomic mass is 32.2. The molecule has 1 aromatic rings. The Hall–Kier alpha value is -0.880. The van der Waals surface area contributed by atoms with Gasteiger partial charge in [0.2, 0.25) is 0 Å². The predicted molar refractivity (Wildman–Crippen MR) is 74.3 cm³/mol. The Balaban J connectivity index is 2.05. The largest absolute Gasteiger partial charge is 0.332 e. The summed E-state index contributed by atoms with van der Waals surface area (Å²) in [4.78, 5) is 6.89. The van der Waals surface area contributed by atoms with Crippen molar-refractivity contribution in [2.75, 3.05) is 6.54 Å².